The highest BCUT2D eigenvalue weighted by molar-refractivity contribution is 7.98. The van der Waals surface area contributed by atoms with Gasteiger partial charge >= 0.3 is 0 Å². The largest absolute Gasteiger partial charge is 0.497 e. The molecule has 0 aliphatic carbocycles. The van der Waals surface area contributed by atoms with Crippen molar-refractivity contribution in [2.75, 3.05) is 39.3 Å². The van der Waals surface area contributed by atoms with Gasteiger partial charge in [-0.1, -0.05) is 18.2 Å². The van der Waals surface area contributed by atoms with Crippen molar-refractivity contribution in [1.82, 2.24) is 9.80 Å². The van der Waals surface area contributed by atoms with E-state index >= 15 is 0 Å². The molecule has 5 nitrogen and oxygen atoms in total. The van der Waals surface area contributed by atoms with Crippen LogP contribution in [0.15, 0.2) is 47.9 Å². The summed E-state index contributed by atoms with van der Waals surface area (Å²) in [5.41, 5.74) is 1.17. The predicted molar refractivity (Wildman–Crippen MR) is 139 cm³/mol. The Labute approximate surface area is 205 Å². The number of ether oxygens (including phenoxy) is 1. The fraction of sp³-hybridized carbons (Fsp3) is 0.462. The number of hydrogen-bond donors (Lipinski definition) is 0. The minimum atomic E-state index is 0.0654. The third-order valence-electron chi connectivity index (χ3n) is 6.32. The second kappa shape index (κ2) is 12.8. The molecule has 1 aliphatic heterocycles. The van der Waals surface area contributed by atoms with Crippen LogP contribution in [0, 0.1) is 5.92 Å². The summed E-state index contributed by atoms with van der Waals surface area (Å²) in [4.78, 5) is 30.5. The third kappa shape index (κ3) is 7.37. The summed E-state index contributed by atoms with van der Waals surface area (Å²) in [7, 11) is 3.61. The Morgan fingerprint density at radius 2 is 2.06 bits per heavy atom. The van der Waals surface area contributed by atoms with E-state index < -0.39 is 0 Å². The van der Waals surface area contributed by atoms with E-state index in [1.807, 2.05) is 58.8 Å². The minimum Gasteiger partial charge on any atom is -0.497 e. The number of amides is 2. The van der Waals surface area contributed by atoms with Crippen LogP contribution in [0.4, 0.5) is 0 Å². The molecule has 1 atom stereocenters. The highest BCUT2D eigenvalue weighted by Crippen LogP contribution is 2.28. The molecule has 0 unspecified atom stereocenters. The van der Waals surface area contributed by atoms with Crippen LogP contribution in [0.3, 0.4) is 0 Å². The molecule has 2 heterocycles. The number of carbonyl (C=O) groups is 2. The lowest BCUT2D eigenvalue weighted by molar-refractivity contribution is -0.134. The number of hydrogen-bond acceptors (Lipinski definition) is 5. The first-order valence-corrected chi connectivity index (χ1v) is 13.7. The number of thioether (sulfide) groups is 1. The van der Waals surface area contributed by atoms with Crippen LogP contribution in [0.1, 0.15) is 29.7 Å². The van der Waals surface area contributed by atoms with Gasteiger partial charge in [0.2, 0.25) is 11.8 Å². The van der Waals surface area contributed by atoms with E-state index in [9.17, 15) is 9.59 Å². The minimum absolute atomic E-state index is 0.0654. The molecule has 0 saturated carbocycles. The molecule has 33 heavy (non-hydrogen) atoms. The molecule has 0 radical (unpaired) electrons. The van der Waals surface area contributed by atoms with Crippen LogP contribution < -0.4 is 4.74 Å². The van der Waals surface area contributed by atoms with Crippen LogP contribution in [-0.4, -0.2) is 66.9 Å². The van der Waals surface area contributed by atoms with Gasteiger partial charge in [-0.3, -0.25) is 9.59 Å². The standard InChI is InChI=1S/C26H34N2O3S2/c1-27(25(29)13-17-32-3)24(19-20-6-4-7-22(18-20)31-2)21-11-14-28(15-12-21)26(30)10-9-23-8-5-16-33-23/h4-10,16,18,21,24H,11-15,17,19H2,1-3H3/b10-9+/t24-/m1/s1. The fourth-order valence-electron chi connectivity index (χ4n) is 4.36. The summed E-state index contributed by atoms with van der Waals surface area (Å²) in [6.45, 7) is 1.44. The number of likely N-dealkylation sites (N-methyl/N-ethyl adjacent to an activating group) is 1. The molecule has 178 valence electrons. The van der Waals surface area contributed by atoms with Gasteiger partial charge in [0.15, 0.2) is 0 Å². The molecule has 2 aromatic rings. The van der Waals surface area contributed by atoms with Gasteiger partial charge in [-0.2, -0.15) is 11.8 Å². The summed E-state index contributed by atoms with van der Waals surface area (Å²) in [6, 6.07) is 12.2. The summed E-state index contributed by atoms with van der Waals surface area (Å²) in [5.74, 6) is 2.27. The summed E-state index contributed by atoms with van der Waals surface area (Å²) < 4.78 is 5.40. The van der Waals surface area contributed by atoms with Gasteiger partial charge in [0.1, 0.15) is 5.75 Å². The molecule has 0 N–H and O–H groups in total. The van der Waals surface area contributed by atoms with E-state index in [0.29, 0.717) is 12.3 Å². The molecular weight excluding hydrogens is 452 g/mol. The van der Waals surface area contributed by atoms with Gasteiger partial charge in [0.25, 0.3) is 0 Å². The topological polar surface area (TPSA) is 49.9 Å². The maximum atomic E-state index is 12.9. The Kier molecular flexibility index (Phi) is 9.88. The van der Waals surface area contributed by atoms with E-state index in [1.54, 1.807) is 36.3 Å². The maximum Gasteiger partial charge on any atom is 0.246 e. The molecule has 1 aromatic heterocycles. The number of methoxy groups -OCH3 is 1. The zero-order valence-electron chi connectivity index (χ0n) is 19.7. The number of benzene rings is 1. The Balaban J connectivity index is 1.67. The number of likely N-dealkylation sites (tertiary alicyclic amines) is 1. The second-order valence-corrected chi connectivity index (χ2v) is 10.3. The zero-order valence-corrected chi connectivity index (χ0v) is 21.4. The molecule has 0 spiro atoms. The van der Waals surface area contributed by atoms with Gasteiger partial charge in [-0.15, -0.1) is 11.3 Å². The van der Waals surface area contributed by atoms with Crippen LogP contribution in [-0.2, 0) is 16.0 Å². The molecule has 1 aromatic carbocycles. The van der Waals surface area contributed by atoms with E-state index in [4.69, 9.17) is 4.74 Å². The molecule has 0 bridgehead atoms. The Hall–Kier alpha value is -2.25. The number of carbonyl (C=O) groups excluding carboxylic acids is 2. The van der Waals surface area contributed by atoms with Gasteiger partial charge in [-0.25, -0.2) is 0 Å². The Bertz CT molecular complexity index is 921. The van der Waals surface area contributed by atoms with E-state index in [-0.39, 0.29) is 17.9 Å². The van der Waals surface area contributed by atoms with Crippen molar-refractivity contribution in [3.63, 3.8) is 0 Å². The molecule has 7 heteroatoms. The van der Waals surface area contributed by atoms with Crippen molar-refractivity contribution < 1.29 is 14.3 Å². The van der Waals surface area contributed by atoms with Crippen molar-refractivity contribution in [3.05, 3.63) is 58.3 Å². The van der Waals surface area contributed by atoms with E-state index in [1.165, 1.54) is 5.56 Å². The smallest absolute Gasteiger partial charge is 0.246 e. The Morgan fingerprint density at radius 3 is 2.73 bits per heavy atom. The number of nitrogens with zero attached hydrogens (tertiary/aromatic N) is 2. The monoisotopic (exact) mass is 486 g/mol. The maximum absolute atomic E-state index is 12.9. The van der Waals surface area contributed by atoms with E-state index in [2.05, 4.69) is 12.1 Å². The first-order chi connectivity index (χ1) is 16.0. The lowest BCUT2D eigenvalue weighted by atomic mass is 9.84. The number of thiophene rings is 1. The van der Waals surface area contributed by atoms with Crippen molar-refractivity contribution in [2.24, 2.45) is 5.92 Å². The summed E-state index contributed by atoms with van der Waals surface area (Å²) in [6.07, 6.45) is 8.73. The average molecular weight is 487 g/mol. The first kappa shape index (κ1) is 25.4. The van der Waals surface area contributed by atoms with Crippen LogP contribution in [0.5, 0.6) is 5.75 Å². The van der Waals surface area contributed by atoms with Crippen LogP contribution in [0.25, 0.3) is 6.08 Å². The molecular formula is C26H34N2O3S2. The lowest BCUT2D eigenvalue weighted by Crippen LogP contribution is -2.48. The van der Waals surface area contributed by atoms with Crippen molar-refractivity contribution in [1.29, 1.82) is 0 Å². The molecule has 1 fully saturated rings. The fourth-order valence-corrected chi connectivity index (χ4v) is 5.36. The molecule has 2 amide bonds. The zero-order chi connectivity index (χ0) is 23.6. The van der Waals surface area contributed by atoms with Gasteiger partial charge in [0.05, 0.1) is 7.11 Å². The van der Waals surface area contributed by atoms with Gasteiger partial charge in [-0.05, 0) is 66.7 Å². The lowest BCUT2D eigenvalue weighted by Gasteiger charge is -2.40. The molecule has 1 aliphatic rings. The quantitative estimate of drug-likeness (QED) is 0.451. The van der Waals surface area contributed by atoms with Crippen molar-refractivity contribution >= 4 is 41.0 Å². The van der Waals surface area contributed by atoms with Crippen molar-refractivity contribution in [2.45, 2.75) is 31.7 Å². The molecule has 1 saturated heterocycles. The van der Waals surface area contributed by atoms with E-state index in [0.717, 1.165) is 48.7 Å². The second-order valence-electron chi connectivity index (χ2n) is 8.38. The normalized spacial score (nSPS) is 15.5. The highest BCUT2D eigenvalue weighted by Gasteiger charge is 2.32. The molecule has 3 rings (SSSR count). The summed E-state index contributed by atoms with van der Waals surface area (Å²) in [5, 5.41) is 2.01. The average Bonchev–Trinajstić information content (AvgIpc) is 3.38. The Morgan fingerprint density at radius 1 is 1.27 bits per heavy atom. The predicted octanol–water partition coefficient (Wildman–Crippen LogP) is 4.83. The number of rotatable bonds is 10. The van der Waals surface area contributed by atoms with Crippen molar-refractivity contribution in [3.8, 4) is 5.75 Å². The SMILES string of the molecule is COc1cccc(C[C@H](C2CCN(C(=O)/C=C/c3cccs3)CC2)N(C)C(=O)CCSC)c1. The highest BCUT2D eigenvalue weighted by atomic mass is 32.2. The first-order valence-electron chi connectivity index (χ1n) is 11.4. The third-order valence-corrected chi connectivity index (χ3v) is 7.77. The van der Waals surface area contributed by atoms with Gasteiger partial charge in [0, 0.05) is 49.3 Å². The summed E-state index contributed by atoms with van der Waals surface area (Å²) >= 11 is 3.32. The van der Waals surface area contributed by atoms with Gasteiger partial charge < -0.3 is 14.5 Å². The van der Waals surface area contributed by atoms with Crippen LogP contribution in [0.2, 0.25) is 0 Å². The van der Waals surface area contributed by atoms with Crippen LogP contribution >= 0.6 is 23.1 Å². The number of piperidine rings is 1.